The number of aromatic amines is 1. The number of benzene rings is 1. The average Bonchev–Trinajstić information content (AvgIpc) is 2.95. The first-order chi connectivity index (χ1) is 10.5. The van der Waals surface area contributed by atoms with E-state index >= 15 is 0 Å². The van der Waals surface area contributed by atoms with Crippen LogP contribution in [0, 0.1) is 0 Å². The minimum absolute atomic E-state index is 0.112. The number of hydrogen-bond acceptors (Lipinski definition) is 5. The number of carbonyl (C=O) groups is 1. The Morgan fingerprint density at radius 3 is 2.68 bits per heavy atom. The van der Waals surface area contributed by atoms with Crippen LogP contribution < -0.4 is 14.8 Å². The molecule has 0 bridgehead atoms. The van der Waals surface area contributed by atoms with Crippen LogP contribution in [-0.2, 0) is 11.2 Å². The van der Waals surface area contributed by atoms with Crippen LogP contribution in [0.4, 0.5) is 0 Å². The van der Waals surface area contributed by atoms with Gasteiger partial charge in [-0.25, -0.2) is 4.98 Å². The normalized spacial score (nSPS) is 11.8. The fourth-order valence-corrected chi connectivity index (χ4v) is 2.14. The van der Waals surface area contributed by atoms with Gasteiger partial charge in [0.05, 0.1) is 20.3 Å². The number of hydrogen-bond donors (Lipinski definition) is 2. The summed E-state index contributed by atoms with van der Waals surface area (Å²) in [4.78, 5) is 15.5. The van der Waals surface area contributed by atoms with Gasteiger partial charge in [-0.05, 0) is 24.6 Å². The number of nitrogens with one attached hydrogen (secondary N) is 2. The molecule has 0 aliphatic carbocycles. The standard InChI is InChI=1S/C15H20N4O3/c1-9(16-10(2)20)15-17-14(18-19-15)8-11-5-6-12(21-3)13(7-11)22-4/h5-7,9H,8H2,1-4H3,(H,16,20)(H,17,18,19)/t9-/m0/s1. The summed E-state index contributed by atoms with van der Waals surface area (Å²) >= 11 is 0. The Morgan fingerprint density at radius 2 is 2.05 bits per heavy atom. The van der Waals surface area contributed by atoms with E-state index in [0.29, 0.717) is 23.7 Å². The molecule has 0 spiro atoms. The predicted molar refractivity (Wildman–Crippen MR) is 81.0 cm³/mol. The highest BCUT2D eigenvalue weighted by atomic mass is 16.5. The Labute approximate surface area is 129 Å². The van der Waals surface area contributed by atoms with Gasteiger partial charge in [0, 0.05) is 13.3 Å². The smallest absolute Gasteiger partial charge is 0.217 e. The highest BCUT2D eigenvalue weighted by molar-refractivity contribution is 5.73. The van der Waals surface area contributed by atoms with Crippen LogP contribution in [0.2, 0.25) is 0 Å². The summed E-state index contributed by atoms with van der Waals surface area (Å²) in [6.07, 6.45) is 0.583. The maximum Gasteiger partial charge on any atom is 0.217 e. The Balaban J connectivity index is 2.11. The monoisotopic (exact) mass is 304 g/mol. The third-order valence-electron chi connectivity index (χ3n) is 3.18. The zero-order chi connectivity index (χ0) is 16.1. The van der Waals surface area contributed by atoms with E-state index in [2.05, 4.69) is 20.5 Å². The first kappa shape index (κ1) is 15.8. The summed E-state index contributed by atoms with van der Waals surface area (Å²) in [5.74, 6) is 2.53. The molecule has 0 saturated carbocycles. The van der Waals surface area contributed by atoms with E-state index in [1.54, 1.807) is 14.2 Å². The maximum atomic E-state index is 11.1. The molecule has 0 aliphatic rings. The summed E-state index contributed by atoms with van der Waals surface area (Å²) in [6, 6.07) is 5.47. The quantitative estimate of drug-likeness (QED) is 0.846. The van der Waals surface area contributed by atoms with E-state index in [1.165, 1.54) is 6.92 Å². The summed E-state index contributed by atoms with van der Waals surface area (Å²) in [7, 11) is 3.20. The third-order valence-corrected chi connectivity index (χ3v) is 3.18. The van der Waals surface area contributed by atoms with Crippen molar-refractivity contribution in [1.29, 1.82) is 0 Å². The summed E-state index contributed by atoms with van der Waals surface area (Å²) in [5, 5.41) is 9.77. The van der Waals surface area contributed by atoms with Crippen LogP contribution in [0.15, 0.2) is 18.2 Å². The Kier molecular flexibility index (Phi) is 4.98. The van der Waals surface area contributed by atoms with Crippen molar-refractivity contribution in [3.8, 4) is 11.5 Å². The molecule has 1 atom stereocenters. The van der Waals surface area contributed by atoms with Crippen LogP contribution in [0.5, 0.6) is 11.5 Å². The lowest BCUT2D eigenvalue weighted by molar-refractivity contribution is -0.119. The van der Waals surface area contributed by atoms with Crippen LogP contribution in [-0.4, -0.2) is 35.3 Å². The number of rotatable bonds is 6. The van der Waals surface area contributed by atoms with Crippen molar-refractivity contribution in [2.75, 3.05) is 14.2 Å². The number of carbonyl (C=O) groups excluding carboxylic acids is 1. The second-order valence-corrected chi connectivity index (χ2v) is 4.93. The summed E-state index contributed by atoms with van der Waals surface area (Å²) < 4.78 is 10.5. The SMILES string of the molecule is COc1ccc(Cc2nc([C@H](C)NC(C)=O)n[nH]2)cc1OC. The number of amides is 1. The largest absolute Gasteiger partial charge is 0.493 e. The number of nitrogens with zero attached hydrogens (tertiary/aromatic N) is 2. The van der Waals surface area contributed by atoms with Crippen molar-refractivity contribution in [3.63, 3.8) is 0 Å². The Bertz CT molecular complexity index is 654. The Hall–Kier alpha value is -2.57. The number of methoxy groups -OCH3 is 2. The molecule has 118 valence electrons. The lowest BCUT2D eigenvalue weighted by Gasteiger charge is -2.09. The average molecular weight is 304 g/mol. The molecule has 0 radical (unpaired) electrons. The van der Waals surface area contributed by atoms with Gasteiger partial charge < -0.3 is 14.8 Å². The van der Waals surface area contributed by atoms with Gasteiger partial charge >= 0.3 is 0 Å². The fourth-order valence-electron chi connectivity index (χ4n) is 2.14. The van der Waals surface area contributed by atoms with E-state index in [0.717, 1.165) is 11.4 Å². The van der Waals surface area contributed by atoms with Gasteiger partial charge in [0.2, 0.25) is 5.91 Å². The van der Waals surface area contributed by atoms with Crippen molar-refractivity contribution >= 4 is 5.91 Å². The second kappa shape index (κ2) is 6.93. The van der Waals surface area contributed by atoms with Crippen LogP contribution in [0.25, 0.3) is 0 Å². The lowest BCUT2D eigenvalue weighted by atomic mass is 10.1. The van der Waals surface area contributed by atoms with Crippen LogP contribution >= 0.6 is 0 Å². The second-order valence-electron chi connectivity index (χ2n) is 4.93. The molecule has 1 heterocycles. The summed E-state index contributed by atoms with van der Waals surface area (Å²) in [5.41, 5.74) is 1.02. The van der Waals surface area contributed by atoms with Gasteiger partial charge in [-0.1, -0.05) is 6.07 Å². The van der Waals surface area contributed by atoms with E-state index in [-0.39, 0.29) is 11.9 Å². The van der Waals surface area contributed by atoms with E-state index < -0.39 is 0 Å². The van der Waals surface area contributed by atoms with Crippen molar-refractivity contribution < 1.29 is 14.3 Å². The molecule has 0 aliphatic heterocycles. The minimum Gasteiger partial charge on any atom is -0.493 e. The van der Waals surface area contributed by atoms with Crippen LogP contribution in [0.1, 0.15) is 37.1 Å². The van der Waals surface area contributed by atoms with Crippen molar-refractivity contribution in [2.45, 2.75) is 26.3 Å². The zero-order valence-corrected chi connectivity index (χ0v) is 13.1. The molecular weight excluding hydrogens is 284 g/mol. The number of H-pyrrole nitrogens is 1. The van der Waals surface area contributed by atoms with Gasteiger partial charge in [-0.2, -0.15) is 5.10 Å². The van der Waals surface area contributed by atoms with Crippen molar-refractivity contribution in [3.05, 3.63) is 35.4 Å². The third kappa shape index (κ3) is 3.75. The van der Waals surface area contributed by atoms with Crippen molar-refractivity contribution in [2.24, 2.45) is 0 Å². The highest BCUT2D eigenvalue weighted by Crippen LogP contribution is 2.28. The first-order valence-corrected chi connectivity index (χ1v) is 6.92. The number of aromatic nitrogens is 3. The topological polar surface area (TPSA) is 89.1 Å². The van der Waals surface area contributed by atoms with Gasteiger partial charge in [-0.15, -0.1) is 0 Å². The molecule has 0 unspecified atom stereocenters. The lowest BCUT2D eigenvalue weighted by Crippen LogP contribution is -2.24. The minimum atomic E-state index is -0.229. The molecule has 1 aromatic heterocycles. The van der Waals surface area contributed by atoms with Gasteiger partial charge in [0.1, 0.15) is 5.82 Å². The number of ether oxygens (including phenoxy) is 2. The van der Waals surface area contributed by atoms with E-state index in [9.17, 15) is 4.79 Å². The zero-order valence-electron chi connectivity index (χ0n) is 13.1. The maximum absolute atomic E-state index is 11.1. The molecule has 0 saturated heterocycles. The molecule has 1 aromatic carbocycles. The van der Waals surface area contributed by atoms with E-state index in [1.807, 2.05) is 25.1 Å². The van der Waals surface area contributed by atoms with Gasteiger partial charge in [0.25, 0.3) is 0 Å². The molecule has 2 N–H and O–H groups in total. The van der Waals surface area contributed by atoms with Crippen molar-refractivity contribution in [1.82, 2.24) is 20.5 Å². The molecule has 22 heavy (non-hydrogen) atoms. The Morgan fingerprint density at radius 1 is 1.32 bits per heavy atom. The molecule has 1 amide bonds. The van der Waals surface area contributed by atoms with Crippen LogP contribution in [0.3, 0.4) is 0 Å². The van der Waals surface area contributed by atoms with Gasteiger partial charge in [-0.3, -0.25) is 9.89 Å². The molecule has 2 aromatic rings. The molecule has 2 rings (SSSR count). The molecule has 0 fully saturated rings. The molecule has 7 nitrogen and oxygen atoms in total. The first-order valence-electron chi connectivity index (χ1n) is 6.92. The summed E-state index contributed by atoms with van der Waals surface area (Å²) in [6.45, 7) is 3.30. The fraction of sp³-hybridized carbons (Fsp3) is 0.400. The highest BCUT2D eigenvalue weighted by Gasteiger charge is 2.13. The van der Waals surface area contributed by atoms with E-state index in [4.69, 9.17) is 9.47 Å². The predicted octanol–water partition coefficient (Wildman–Crippen LogP) is 1.61. The molecule has 7 heteroatoms. The van der Waals surface area contributed by atoms with Gasteiger partial charge in [0.15, 0.2) is 17.3 Å². The molecular formula is C15H20N4O3.